The molecule has 0 unspecified atom stereocenters. The number of nitrogens with zero attached hydrogens (tertiary/aromatic N) is 4. The van der Waals surface area contributed by atoms with Crippen molar-refractivity contribution in [3.8, 4) is 28.1 Å². The topological polar surface area (TPSA) is 87.4 Å². The first-order chi connectivity index (χ1) is 23.2. The van der Waals surface area contributed by atoms with E-state index in [4.69, 9.17) is 40.6 Å². The van der Waals surface area contributed by atoms with Crippen molar-refractivity contribution in [1.82, 2.24) is 14.6 Å². The fourth-order valence-corrected chi connectivity index (χ4v) is 6.74. The average Bonchev–Trinajstić information content (AvgIpc) is 3.47. The Morgan fingerprint density at radius 3 is 2.53 bits per heavy atom. The van der Waals surface area contributed by atoms with Gasteiger partial charge in [0.05, 0.1) is 42.3 Å². The average molecular weight is 687 g/mol. The van der Waals surface area contributed by atoms with Gasteiger partial charge in [-0.05, 0) is 90.6 Å². The number of carbonyl (C=O) groups excluding carboxylic acids is 1. The number of benzene rings is 2. The molecular formula is C39H47ClN4O5. The summed E-state index contributed by atoms with van der Waals surface area (Å²) in [5, 5.41) is 5.83. The Labute approximate surface area is 294 Å². The molecule has 3 aliphatic heterocycles. The van der Waals surface area contributed by atoms with Crippen LogP contribution in [0.25, 0.3) is 28.0 Å². The van der Waals surface area contributed by atoms with Gasteiger partial charge in [-0.15, -0.1) is 0 Å². The summed E-state index contributed by atoms with van der Waals surface area (Å²) >= 11 is 6.61. The van der Waals surface area contributed by atoms with Crippen molar-refractivity contribution in [3.63, 3.8) is 0 Å². The smallest absolute Gasteiger partial charge is 0.339 e. The van der Waals surface area contributed by atoms with Crippen molar-refractivity contribution in [2.24, 2.45) is 0 Å². The van der Waals surface area contributed by atoms with E-state index in [0.717, 1.165) is 58.8 Å². The zero-order chi connectivity index (χ0) is 35.1. The van der Waals surface area contributed by atoms with Crippen LogP contribution in [0.15, 0.2) is 54.6 Å². The number of hydrogen-bond donors (Lipinski definition) is 0. The molecule has 2 aromatic carbocycles. The van der Waals surface area contributed by atoms with Crippen molar-refractivity contribution < 1.29 is 23.7 Å². The lowest BCUT2D eigenvalue weighted by Crippen LogP contribution is -2.45. The van der Waals surface area contributed by atoms with Crippen LogP contribution in [-0.4, -0.2) is 64.7 Å². The maximum absolute atomic E-state index is 13.4. The third kappa shape index (κ3) is 7.49. The molecule has 2 aromatic heterocycles. The summed E-state index contributed by atoms with van der Waals surface area (Å²) in [4.78, 5) is 20.7. The zero-order valence-electron chi connectivity index (χ0n) is 29.8. The normalized spacial score (nSPS) is 21.2. The van der Waals surface area contributed by atoms with Gasteiger partial charge in [0.1, 0.15) is 11.6 Å². The number of rotatable bonds is 3. The summed E-state index contributed by atoms with van der Waals surface area (Å²) in [6.45, 7) is 15.9. The number of aromatic nitrogens is 3. The number of aryl methyl sites for hydroxylation is 2. The molecule has 0 radical (unpaired) electrons. The molecule has 260 valence electrons. The molecule has 0 saturated carbocycles. The number of halogens is 1. The summed E-state index contributed by atoms with van der Waals surface area (Å²) in [5.74, 6) is 1.02. The van der Waals surface area contributed by atoms with Gasteiger partial charge in [0, 0.05) is 47.4 Å². The molecule has 5 heterocycles. The van der Waals surface area contributed by atoms with Crippen molar-refractivity contribution in [2.45, 2.75) is 91.1 Å². The highest BCUT2D eigenvalue weighted by atomic mass is 35.5. The summed E-state index contributed by atoms with van der Waals surface area (Å²) < 4.78 is 26.5. The summed E-state index contributed by atoms with van der Waals surface area (Å²) in [6, 6.07) is 14.2. The third-order valence-electron chi connectivity index (χ3n) is 9.29. The molecule has 10 heteroatoms. The Balaban J connectivity index is 1.56. The molecular weight excluding hydrogens is 640 g/mol. The molecule has 7 rings (SSSR count). The lowest BCUT2D eigenvalue weighted by Gasteiger charge is -2.41. The van der Waals surface area contributed by atoms with Crippen LogP contribution in [0.1, 0.15) is 76.8 Å². The van der Waals surface area contributed by atoms with E-state index in [1.54, 1.807) is 0 Å². The van der Waals surface area contributed by atoms with E-state index in [1.807, 2.05) is 63.4 Å². The van der Waals surface area contributed by atoms with E-state index in [9.17, 15) is 4.79 Å². The van der Waals surface area contributed by atoms with Gasteiger partial charge >= 0.3 is 5.97 Å². The summed E-state index contributed by atoms with van der Waals surface area (Å²) in [7, 11) is 1.39. The molecule has 49 heavy (non-hydrogen) atoms. The minimum absolute atomic E-state index is 0.0715. The van der Waals surface area contributed by atoms with E-state index < -0.39 is 17.7 Å². The molecule has 1 saturated heterocycles. The molecule has 0 amide bonds. The van der Waals surface area contributed by atoms with E-state index in [1.165, 1.54) is 7.11 Å². The molecule has 2 atom stereocenters. The summed E-state index contributed by atoms with van der Waals surface area (Å²) in [6.07, 6.45) is 5.44. The molecule has 0 spiro atoms. The Kier molecular flexibility index (Phi) is 9.81. The van der Waals surface area contributed by atoms with Crippen molar-refractivity contribution in [1.29, 1.82) is 0 Å². The maximum Gasteiger partial charge on any atom is 0.339 e. The van der Waals surface area contributed by atoms with Crippen LogP contribution >= 0.6 is 11.6 Å². The lowest BCUT2D eigenvalue weighted by molar-refractivity contribution is -0.164. The number of hydrogen-bond acceptors (Lipinski definition) is 8. The van der Waals surface area contributed by atoms with E-state index in [2.05, 4.69) is 49.1 Å². The van der Waals surface area contributed by atoms with Crippen LogP contribution in [0.3, 0.4) is 0 Å². The highest BCUT2D eigenvalue weighted by Gasteiger charge is 2.38. The second kappa shape index (κ2) is 13.8. The minimum Gasteiger partial charge on any atom is -0.490 e. The number of carbonyl (C=O) groups is 1. The predicted octanol–water partition coefficient (Wildman–Crippen LogP) is 8.47. The van der Waals surface area contributed by atoms with Crippen LogP contribution in [0, 0.1) is 13.8 Å². The first-order valence-corrected chi connectivity index (χ1v) is 17.4. The summed E-state index contributed by atoms with van der Waals surface area (Å²) in [5.41, 5.74) is 5.66. The van der Waals surface area contributed by atoms with Gasteiger partial charge in [-0.1, -0.05) is 42.0 Å². The van der Waals surface area contributed by atoms with Gasteiger partial charge in [-0.25, -0.2) is 9.78 Å². The van der Waals surface area contributed by atoms with Crippen LogP contribution in [-0.2, 0) is 19.0 Å². The Morgan fingerprint density at radius 1 is 1.08 bits per heavy atom. The standard InChI is InChI=1S/C39H47ClN4O5/c1-24-20-29-27-13-11-14-28(21-27)31-23-33-41-26(3)34(35(37(45)46-8)49-38(4,5)6)36(44(33)42-31)43-17-15-39(7,16-18-43)47-19-10-9-12-25(2)48-32(29)22-30(24)40/h9-11,13-14,20-23,25,35H,12,15-19H2,1-8H3/b10-9-/t25-,35-/m0/s1. The first kappa shape index (κ1) is 34.9. The van der Waals surface area contributed by atoms with Gasteiger partial charge < -0.3 is 23.8 Å². The molecule has 9 nitrogen and oxygen atoms in total. The quantitative estimate of drug-likeness (QED) is 0.157. The monoisotopic (exact) mass is 686 g/mol. The molecule has 3 aliphatic rings. The van der Waals surface area contributed by atoms with Crippen LogP contribution in [0.2, 0.25) is 5.02 Å². The van der Waals surface area contributed by atoms with Crippen molar-refractivity contribution >= 4 is 29.0 Å². The van der Waals surface area contributed by atoms with Crippen LogP contribution in [0.5, 0.6) is 5.75 Å². The number of methoxy groups -OCH3 is 1. The Bertz CT molecular complexity index is 1890. The largest absolute Gasteiger partial charge is 0.490 e. The first-order valence-electron chi connectivity index (χ1n) is 17.0. The van der Waals surface area contributed by atoms with Gasteiger partial charge in [0.2, 0.25) is 0 Å². The second-order valence-corrected chi connectivity index (χ2v) is 14.8. The van der Waals surface area contributed by atoms with Crippen molar-refractivity contribution in [2.75, 3.05) is 31.7 Å². The van der Waals surface area contributed by atoms with E-state index >= 15 is 0 Å². The van der Waals surface area contributed by atoms with Gasteiger partial charge in [-0.2, -0.15) is 9.61 Å². The second-order valence-electron chi connectivity index (χ2n) is 14.4. The fraction of sp³-hybridized carbons (Fsp3) is 0.462. The number of piperidine rings is 1. The van der Waals surface area contributed by atoms with Crippen molar-refractivity contribution in [3.05, 3.63) is 76.5 Å². The number of anilines is 1. The van der Waals surface area contributed by atoms with Gasteiger partial charge in [0.25, 0.3) is 0 Å². The molecule has 0 N–H and O–H groups in total. The number of esters is 1. The zero-order valence-corrected chi connectivity index (χ0v) is 30.6. The SMILES string of the molecule is COC(=O)[C@@H](OC(C)(C)C)c1c(C)nc2cc3nn2c1N1CCC(C)(CC1)OC/C=C\C[C@H](C)Oc1cc(Cl)c(C)cc1-c1cccc-3c1. The Morgan fingerprint density at radius 2 is 1.82 bits per heavy atom. The Hall–Kier alpha value is -3.92. The van der Waals surface area contributed by atoms with Gasteiger partial charge in [0.15, 0.2) is 11.8 Å². The number of fused-ring (bicyclic) bond motifs is 7. The molecule has 1 fully saturated rings. The molecule has 0 aliphatic carbocycles. The highest BCUT2D eigenvalue weighted by molar-refractivity contribution is 6.31. The third-order valence-corrected chi connectivity index (χ3v) is 9.70. The lowest BCUT2D eigenvalue weighted by atomic mass is 9.92. The van der Waals surface area contributed by atoms with Gasteiger partial charge in [-0.3, -0.25) is 0 Å². The highest BCUT2D eigenvalue weighted by Crippen LogP contribution is 2.40. The maximum atomic E-state index is 13.4. The van der Waals surface area contributed by atoms with Crippen LogP contribution in [0.4, 0.5) is 5.82 Å². The molecule has 4 aromatic rings. The number of ether oxygens (including phenoxy) is 4. The fourth-order valence-electron chi connectivity index (χ4n) is 6.59. The predicted molar refractivity (Wildman–Crippen MR) is 194 cm³/mol. The minimum atomic E-state index is -0.998. The van der Waals surface area contributed by atoms with E-state index in [-0.39, 0.29) is 11.7 Å². The van der Waals surface area contributed by atoms with Crippen LogP contribution < -0.4 is 9.64 Å². The van der Waals surface area contributed by atoms with E-state index in [0.29, 0.717) is 41.6 Å². The molecule has 6 bridgehead atoms.